The lowest BCUT2D eigenvalue weighted by molar-refractivity contribution is 0.256. The van der Waals surface area contributed by atoms with E-state index in [4.69, 9.17) is 0 Å². The molecule has 0 aromatic heterocycles. The zero-order valence-electron chi connectivity index (χ0n) is 12.5. The zero-order valence-corrected chi connectivity index (χ0v) is 13.3. The summed E-state index contributed by atoms with van der Waals surface area (Å²) in [7, 11) is -3.26. The Labute approximate surface area is 130 Å². The smallest absolute Gasteiger partial charge is 0.212 e. The van der Waals surface area contributed by atoms with Gasteiger partial charge in [-0.1, -0.05) is 12.1 Å². The Kier molecular flexibility index (Phi) is 5.69. The van der Waals surface area contributed by atoms with Crippen molar-refractivity contribution in [3.8, 4) is 0 Å². The third kappa shape index (κ3) is 4.36. The molecule has 0 saturated carbocycles. The molecule has 1 unspecified atom stereocenters. The Hall–Kier alpha value is -1.27. The van der Waals surface area contributed by atoms with Crippen molar-refractivity contribution in [2.75, 3.05) is 18.8 Å². The molecular formula is C16H21F2NO2S. The SMILES string of the molecule is C=CCS(=O)(=O)N1CCCC(CCc2ccc(F)c(F)c2)C1. The molecule has 3 nitrogen and oxygen atoms in total. The number of sulfonamides is 1. The minimum absolute atomic E-state index is 0.0388. The normalized spacial score (nSPS) is 20.0. The topological polar surface area (TPSA) is 37.4 Å². The van der Waals surface area contributed by atoms with Crippen molar-refractivity contribution in [1.82, 2.24) is 4.31 Å². The fraction of sp³-hybridized carbons (Fsp3) is 0.500. The van der Waals surface area contributed by atoms with Crippen LogP contribution in [0.2, 0.25) is 0 Å². The number of rotatable bonds is 6. The summed E-state index contributed by atoms with van der Waals surface area (Å²) in [4.78, 5) is 0. The highest BCUT2D eigenvalue weighted by molar-refractivity contribution is 7.89. The van der Waals surface area contributed by atoms with E-state index in [2.05, 4.69) is 6.58 Å². The van der Waals surface area contributed by atoms with Gasteiger partial charge in [-0.05, 0) is 49.3 Å². The van der Waals surface area contributed by atoms with Crippen molar-refractivity contribution in [1.29, 1.82) is 0 Å². The van der Waals surface area contributed by atoms with E-state index in [1.54, 1.807) is 6.07 Å². The van der Waals surface area contributed by atoms with Gasteiger partial charge in [-0.15, -0.1) is 6.58 Å². The molecular weight excluding hydrogens is 308 g/mol. The molecule has 0 aliphatic carbocycles. The molecule has 122 valence electrons. The number of hydrogen-bond acceptors (Lipinski definition) is 2. The highest BCUT2D eigenvalue weighted by Crippen LogP contribution is 2.24. The molecule has 0 spiro atoms. The molecule has 22 heavy (non-hydrogen) atoms. The molecule has 1 aliphatic rings. The molecule has 0 amide bonds. The molecule has 1 aliphatic heterocycles. The molecule has 1 fully saturated rings. The van der Waals surface area contributed by atoms with Gasteiger partial charge >= 0.3 is 0 Å². The van der Waals surface area contributed by atoms with E-state index in [1.165, 1.54) is 16.4 Å². The summed E-state index contributed by atoms with van der Waals surface area (Å²) in [6.45, 7) is 4.53. The second kappa shape index (κ2) is 7.33. The van der Waals surface area contributed by atoms with Crippen LogP contribution in [-0.4, -0.2) is 31.6 Å². The first-order valence-electron chi connectivity index (χ1n) is 7.45. The lowest BCUT2D eigenvalue weighted by atomic mass is 9.93. The van der Waals surface area contributed by atoms with Crippen LogP contribution in [0.25, 0.3) is 0 Å². The molecule has 1 atom stereocenters. The monoisotopic (exact) mass is 329 g/mol. The van der Waals surface area contributed by atoms with E-state index in [1.807, 2.05) is 0 Å². The third-order valence-electron chi connectivity index (χ3n) is 4.03. The van der Waals surface area contributed by atoms with Crippen LogP contribution >= 0.6 is 0 Å². The van der Waals surface area contributed by atoms with E-state index >= 15 is 0 Å². The highest BCUT2D eigenvalue weighted by atomic mass is 32.2. The quantitative estimate of drug-likeness (QED) is 0.752. The van der Waals surface area contributed by atoms with E-state index in [-0.39, 0.29) is 11.7 Å². The molecule has 6 heteroatoms. The summed E-state index contributed by atoms with van der Waals surface area (Å²) in [5.74, 6) is -1.47. The van der Waals surface area contributed by atoms with Gasteiger partial charge in [-0.2, -0.15) is 0 Å². The van der Waals surface area contributed by atoms with E-state index in [0.717, 1.165) is 30.9 Å². The maximum atomic E-state index is 13.2. The average molecular weight is 329 g/mol. The molecule has 1 aromatic carbocycles. The fourth-order valence-electron chi connectivity index (χ4n) is 2.84. The first kappa shape index (κ1) is 17.1. The molecule has 1 saturated heterocycles. The Morgan fingerprint density at radius 1 is 1.32 bits per heavy atom. The summed E-state index contributed by atoms with van der Waals surface area (Å²) in [5.41, 5.74) is 0.741. The van der Waals surface area contributed by atoms with Crippen LogP contribution in [0.5, 0.6) is 0 Å². The van der Waals surface area contributed by atoms with Crippen LogP contribution in [0.1, 0.15) is 24.8 Å². The minimum Gasteiger partial charge on any atom is -0.212 e. The van der Waals surface area contributed by atoms with Gasteiger partial charge in [0.25, 0.3) is 0 Å². The van der Waals surface area contributed by atoms with Crippen molar-refractivity contribution in [2.45, 2.75) is 25.7 Å². The maximum Gasteiger partial charge on any atom is 0.217 e. The zero-order chi connectivity index (χ0) is 16.2. The predicted molar refractivity (Wildman–Crippen MR) is 83.0 cm³/mol. The Morgan fingerprint density at radius 2 is 2.09 bits per heavy atom. The van der Waals surface area contributed by atoms with Crippen molar-refractivity contribution in [2.24, 2.45) is 5.92 Å². The minimum atomic E-state index is -3.26. The number of hydrogen-bond donors (Lipinski definition) is 0. The van der Waals surface area contributed by atoms with E-state index in [9.17, 15) is 17.2 Å². The van der Waals surface area contributed by atoms with Gasteiger partial charge in [0.05, 0.1) is 5.75 Å². The number of aryl methyl sites for hydroxylation is 1. The lowest BCUT2D eigenvalue weighted by Crippen LogP contribution is -2.40. The summed E-state index contributed by atoms with van der Waals surface area (Å²) >= 11 is 0. The number of halogens is 2. The molecule has 1 heterocycles. The second-order valence-electron chi connectivity index (χ2n) is 5.72. The van der Waals surface area contributed by atoms with Crippen LogP contribution in [0.4, 0.5) is 8.78 Å². The Bertz CT molecular complexity index is 631. The Morgan fingerprint density at radius 3 is 2.77 bits per heavy atom. The maximum absolute atomic E-state index is 13.2. The average Bonchev–Trinajstić information content (AvgIpc) is 2.49. The van der Waals surface area contributed by atoms with E-state index in [0.29, 0.717) is 19.5 Å². The fourth-order valence-corrected chi connectivity index (χ4v) is 4.19. The summed E-state index contributed by atoms with van der Waals surface area (Å²) in [5, 5.41) is 0. The standard InChI is InChI=1S/C16H21F2NO2S/c1-2-10-22(20,21)19-9-3-4-14(12-19)6-5-13-7-8-15(17)16(18)11-13/h2,7-8,11,14H,1,3-6,9-10,12H2. The van der Waals surface area contributed by atoms with Crippen LogP contribution in [0, 0.1) is 17.6 Å². The van der Waals surface area contributed by atoms with Gasteiger partial charge < -0.3 is 0 Å². The molecule has 0 bridgehead atoms. The molecule has 0 radical (unpaired) electrons. The largest absolute Gasteiger partial charge is 0.217 e. The second-order valence-corrected chi connectivity index (χ2v) is 7.73. The van der Waals surface area contributed by atoms with Gasteiger partial charge in [0.2, 0.25) is 10.0 Å². The Balaban J connectivity index is 1.93. The van der Waals surface area contributed by atoms with Gasteiger partial charge in [0.1, 0.15) is 0 Å². The number of nitrogens with zero attached hydrogens (tertiary/aromatic N) is 1. The first-order chi connectivity index (χ1) is 10.4. The summed E-state index contributed by atoms with van der Waals surface area (Å²) in [6, 6.07) is 3.92. The third-order valence-corrected chi connectivity index (χ3v) is 5.80. The number of benzene rings is 1. The molecule has 0 N–H and O–H groups in total. The predicted octanol–water partition coefficient (Wildman–Crippen LogP) is 3.13. The van der Waals surface area contributed by atoms with Crippen LogP contribution in [0.15, 0.2) is 30.9 Å². The lowest BCUT2D eigenvalue weighted by Gasteiger charge is -2.31. The molecule has 1 aromatic rings. The highest BCUT2D eigenvalue weighted by Gasteiger charge is 2.27. The van der Waals surface area contributed by atoms with Gasteiger partial charge in [0, 0.05) is 13.1 Å². The van der Waals surface area contributed by atoms with Crippen LogP contribution in [0.3, 0.4) is 0 Å². The van der Waals surface area contributed by atoms with Gasteiger partial charge in [0.15, 0.2) is 11.6 Å². The van der Waals surface area contributed by atoms with Crippen molar-refractivity contribution in [3.05, 3.63) is 48.1 Å². The van der Waals surface area contributed by atoms with Crippen LogP contribution < -0.4 is 0 Å². The van der Waals surface area contributed by atoms with Crippen molar-refractivity contribution in [3.63, 3.8) is 0 Å². The van der Waals surface area contributed by atoms with E-state index < -0.39 is 21.7 Å². The van der Waals surface area contributed by atoms with Crippen molar-refractivity contribution >= 4 is 10.0 Å². The van der Waals surface area contributed by atoms with Crippen molar-refractivity contribution < 1.29 is 17.2 Å². The summed E-state index contributed by atoms with van der Waals surface area (Å²) < 4.78 is 51.7. The van der Waals surface area contributed by atoms with Crippen LogP contribution in [-0.2, 0) is 16.4 Å². The summed E-state index contributed by atoms with van der Waals surface area (Å²) in [6.07, 6.45) is 4.59. The van der Waals surface area contributed by atoms with Gasteiger partial charge in [-0.3, -0.25) is 0 Å². The molecule has 2 rings (SSSR count). The van der Waals surface area contributed by atoms with Gasteiger partial charge in [-0.25, -0.2) is 21.5 Å². The number of piperidine rings is 1. The first-order valence-corrected chi connectivity index (χ1v) is 9.06.